The highest BCUT2D eigenvalue weighted by molar-refractivity contribution is 7.95. The van der Waals surface area contributed by atoms with Crippen LogP contribution in [0.1, 0.15) is 21.7 Å². The first kappa shape index (κ1) is 15.0. The normalized spacial score (nSPS) is 12.5. The third-order valence-corrected chi connectivity index (χ3v) is 4.25. The molecule has 4 rings (SSSR count). The summed E-state index contributed by atoms with van der Waals surface area (Å²) in [5.74, 6) is -0.967. The number of rotatable bonds is 3. The van der Waals surface area contributed by atoms with E-state index in [-0.39, 0.29) is 16.9 Å². The van der Waals surface area contributed by atoms with Gasteiger partial charge in [-0.3, -0.25) is 19.3 Å². The lowest BCUT2D eigenvalue weighted by Gasteiger charge is -2.07. The van der Waals surface area contributed by atoms with E-state index in [9.17, 15) is 14.0 Å². The molecule has 1 aliphatic heterocycles. The van der Waals surface area contributed by atoms with Crippen LogP contribution in [0.4, 0.5) is 4.39 Å². The SMILES string of the molecule is NSNCc1ccc2nc3n(c(=O)c2c1)-c1ccc(F)cc1C3=O. The van der Waals surface area contributed by atoms with Crippen LogP contribution in [0.5, 0.6) is 0 Å². The Hall–Kier alpha value is -2.55. The Morgan fingerprint density at radius 1 is 1.21 bits per heavy atom. The Labute approximate surface area is 139 Å². The molecule has 6 nitrogen and oxygen atoms in total. The zero-order valence-electron chi connectivity index (χ0n) is 12.2. The van der Waals surface area contributed by atoms with Crippen molar-refractivity contribution in [2.75, 3.05) is 0 Å². The molecule has 0 fully saturated rings. The van der Waals surface area contributed by atoms with Crippen molar-refractivity contribution in [2.24, 2.45) is 5.14 Å². The Morgan fingerprint density at radius 2 is 2.04 bits per heavy atom. The Bertz CT molecular complexity index is 1060. The van der Waals surface area contributed by atoms with Crippen LogP contribution in [-0.2, 0) is 6.54 Å². The molecule has 0 radical (unpaired) electrons. The van der Waals surface area contributed by atoms with Crippen LogP contribution in [0.3, 0.4) is 0 Å². The number of benzene rings is 2. The molecule has 0 bridgehead atoms. The zero-order valence-corrected chi connectivity index (χ0v) is 13.1. The number of aromatic nitrogens is 2. The van der Waals surface area contributed by atoms with Gasteiger partial charge in [0, 0.05) is 18.7 Å². The van der Waals surface area contributed by atoms with Crippen molar-refractivity contribution >= 4 is 28.8 Å². The van der Waals surface area contributed by atoms with Gasteiger partial charge in [0.05, 0.1) is 22.2 Å². The lowest BCUT2D eigenvalue weighted by Crippen LogP contribution is -2.21. The summed E-state index contributed by atoms with van der Waals surface area (Å²) in [7, 11) is 0. The van der Waals surface area contributed by atoms with Gasteiger partial charge < -0.3 is 0 Å². The fraction of sp³-hybridized carbons (Fsp3) is 0.0625. The molecular weight excluding hydrogens is 331 g/mol. The average molecular weight is 342 g/mol. The van der Waals surface area contributed by atoms with E-state index in [0.29, 0.717) is 23.1 Å². The van der Waals surface area contributed by atoms with Crippen LogP contribution < -0.4 is 15.4 Å². The summed E-state index contributed by atoms with van der Waals surface area (Å²) in [6, 6.07) is 8.98. The maximum atomic E-state index is 13.4. The van der Waals surface area contributed by atoms with Crippen molar-refractivity contribution < 1.29 is 9.18 Å². The van der Waals surface area contributed by atoms with Crippen LogP contribution in [0, 0.1) is 5.82 Å². The van der Waals surface area contributed by atoms with Crippen molar-refractivity contribution in [3.63, 3.8) is 0 Å². The van der Waals surface area contributed by atoms with Gasteiger partial charge in [0.25, 0.3) is 5.56 Å². The fourth-order valence-electron chi connectivity index (χ4n) is 2.85. The highest BCUT2D eigenvalue weighted by Gasteiger charge is 2.30. The maximum absolute atomic E-state index is 13.4. The number of carbonyl (C=O) groups is 1. The van der Waals surface area contributed by atoms with Crippen LogP contribution in [0.25, 0.3) is 16.6 Å². The minimum Gasteiger partial charge on any atom is -0.285 e. The molecule has 0 saturated carbocycles. The summed E-state index contributed by atoms with van der Waals surface area (Å²) >= 11 is 0.989. The molecule has 0 aliphatic carbocycles. The lowest BCUT2D eigenvalue weighted by atomic mass is 10.1. The van der Waals surface area contributed by atoms with E-state index < -0.39 is 11.6 Å². The van der Waals surface area contributed by atoms with E-state index in [1.165, 1.54) is 16.7 Å². The molecule has 0 atom stereocenters. The predicted molar refractivity (Wildman–Crippen MR) is 89.3 cm³/mol. The summed E-state index contributed by atoms with van der Waals surface area (Å²) in [6.07, 6.45) is 0. The summed E-state index contributed by atoms with van der Waals surface area (Å²) in [4.78, 5) is 29.6. The molecule has 1 aromatic heterocycles. The van der Waals surface area contributed by atoms with E-state index in [2.05, 4.69) is 9.71 Å². The zero-order chi connectivity index (χ0) is 16.8. The number of fused-ring (bicyclic) bond motifs is 4. The second kappa shape index (κ2) is 5.52. The van der Waals surface area contributed by atoms with E-state index in [0.717, 1.165) is 23.8 Å². The first-order valence-electron chi connectivity index (χ1n) is 7.09. The molecular formula is C16H11FN4O2S. The smallest absolute Gasteiger partial charge is 0.266 e. The second-order valence-corrected chi connectivity index (χ2v) is 5.88. The second-order valence-electron chi connectivity index (χ2n) is 5.36. The largest absolute Gasteiger partial charge is 0.285 e. The van der Waals surface area contributed by atoms with Gasteiger partial charge in [0.1, 0.15) is 5.82 Å². The molecule has 8 heteroatoms. The minimum atomic E-state index is -0.528. The topological polar surface area (TPSA) is 90.0 Å². The monoisotopic (exact) mass is 342 g/mol. The van der Waals surface area contributed by atoms with Crippen molar-refractivity contribution in [2.45, 2.75) is 6.54 Å². The van der Waals surface area contributed by atoms with Crippen LogP contribution >= 0.6 is 12.1 Å². The molecule has 0 saturated heterocycles. The highest BCUT2D eigenvalue weighted by Crippen LogP contribution is 2.27. The third-order valence-electron chi connectivity index (χ3n) is 3.94. The standard InChI is InChI=1S/C16H11FN4O2S/c17-9-2-4-13-11(6-9)14(22)15-20-12-3-1-8(7-19-24-18)5-10(12)16(23)21(13)15/h1-6,19H,7,18H2. The molecule has 0 unspecified atom stereocenters. The number of nitrogens with one attached hydrogen (secondary N) is 1. The molecule has 2 aromatic carbocycles. The highest BCUT2D eigenvalue weighted by atomic mass is 32.2. The number of hydrogen-bond acceptors (Lipinski definition) is 6. The fourth-order valence-corrected chi connectivity index (χ4v) is 3.10. The number of ketones is 1. The summed E-state index contributed by atoms with van der Waals surface area (Å²) in [5.41, 5.74) is 1.45. The quantitative estimate of drug-likeness (QED) is 0.551. The molecule has 3 N–H and O–H groups in total. The first-order chi connectivity index (χ1) is 11.6. The Morgan fingerprint density at radius 3 is 2.83 bits per heavy atom. The molecule has 1 aliphatic rings. The maximum Gasteiger partial charge on any atom is 0.266 e. The van der Waals surface area contributed by atoms with Crippen LogP contribution in [-0.4, -0.2) is 15.3 Å². The lowest BCUT2D eigenvalue weighted by molar-refractivity contribution is 0.103. The van der Waals surface area contributed by atoms with Crippen molar-refractivity contribution in [1.82, 2.24) is 14.3 Å². The third kappa shape index (κ3) is 2.15. The van der Waals surface area contributed by atoms with Gasteiger partial charge in [0.15, 0.2) is 5.82 Å². The van der Waals surface area contributed by atoms with Gasteiger partial charge in [-0.1, -0.05) is 6.07 Å². The van der Waals surface area contributed by atoms with E-state index in [1.807, 2.05) is 0 Å². The van der Waals surface area contributed by atoms with E-state index in [4.69, 9.17) is 5.14 Å². The summed E-state index contributed by atoms with van der Waals surface area (Å²) < 4.78 is 17.6. The van der Waals surface area contributed by atoms with Gasteiger partial charge in [-0.05, 0) is 35.9 Å². The number of halogens is 1. The van der Waals surface area contributed by atoms with Crippen molar-refractivity contribution in [3.8, 4) is 5.69 Å². The van der Waals surface area contributed by atoms with Crippen molar-refractivity contribution in [1.29, 1.82) is 0 Å². The van der Waals surface area contributed by atoms with Crippen molar-refractivity contribution in [3.05, 3.63) is 69.5 Å². The van der Waals surface area contributed by atoms with Gasteiger partial charge in [-0.25, -0.2) is 14.1 Å². The summed E-state index contributed by atoms with van der Waals surface area (Å²) in [6.45, 7) is 0.485. The van der Waals surface area contributed by atoms with Gasteiger partial charge >= 0.3 is 0 Å². The van der Waals surface area contributed by atoms with Gasteiger partial charge in [-0.2, -0.15) is 0 Å². The molecule has 24 heavy (non-hydrogen) atoms. The molecule has 120 valence electrons. The number of carbonyl (C=O) groups excluding carboxylic acids is 1. The Balaban J connectivity index is 1.98. The minimum absolute atomic E-state index is 0.0106. The molecule has 2 heterocycles. The Kier molecular flexibility index (Phi) is 3.45. The average Bonchev–Trinajstić information content (AvgIpc) is 2.86. The predicted octanol–water partition coefficient (Wildman–Crippen LogP) is 1.68. The van der Waals surface area contributed by atoms with Crippen LogP contribution in [0.2, 0.25) is 0 Å². The number of nitrogens with zero attached hydrogens (tertiary/aromatic N) is 2. The molecule has 0 amide bonds. The summed E-state index contributed by atoms with van der Waals surface area (Å²) in [5, 5.41) is 5.73. The number of hydrogen-bond donors (Lipinski definition) is 2. The molecule has 0 spiro atoms. The van der Waals surface area contributed by atoms with E-state index in [1.54, 1.807) is 18.2 Å². The van der Waals surface area contributed by atoms with Crippen LogP contribution in [0.15, 0.2) is 41.2 Å². The number of nitrogens with two attached hydrogens (primary N) is 1. The van der Waals surface area contributed by atoms with Gasteiger partial charge in [-0.15, -0.1) is 0 Å². The van der Waals surface area contributed by atoms with E-state index >= 15 is 0 Å². The first-order valence-corrected chi connectivity index (χ1v) is 7.97. The molecule has 3 aromatic rings. The van der Waals surface area contributed by atoms with Gasteiger partial charge in [0.2, 0.25) is 5.78 Å².